The van der Waals surface area contributed by atoms with Gasteiger partial charge in [0.1, 0.15) is 11.2 Å². The van der Waals surface area contributed by atoms with Crippen LogP contribution in [0.4, 0.5) is 4.39 Å². The maximum absolute atomic E-state index is 13.5. The van der Waals surface area contributed by atoms with Gasteiger partial charge in [-0.15, -0.1) is 0 Å². The van der Waals surface area contributed by atoms with E-state index in [4.69, 9.17) is 8.83 Å². The Kier molecular flexibility index (Phi) is 2.29. The van der Waals surface area contributed by atoms with E-state index >= 15 is 0 Å². The molecule has 118 valence electrons. The van der Waals surface area contributed by atoms with E-state index in [1.165, 1.54) is 22.2 Å². The predicted molar refractivity (Wildman–Crippen MR) is 98.5 cm³/mol. The first-order valence-electron chi connectivity index (χ1n) is 8.13. The zero-order valence-electron chi connectivity index (χ0n) is 13.0. The first-order valence-corrected chi connectivity index (χ1v) is 8.13. The molecular weight excluding hydrogens is 315 g/mol. The molecule has 0 radical (unpaired) electrons. The van der Waals surface area contributed by atoms with Crippen molar-refractivity contribution < 1.29 is 13.2 Å². The minimum atomic E-state index is -0.552. The second-order valence-electron chi connectivity index (χ2n) is 6.34. The lowest BCUT2D eigenvalue weighted by Gasteiger charge is -2.08. The lowest BCUT2D eigenvalue weighted by molar-refractivity contribution is 0.381. The van der Waals surface area contributed by atoms with Crippen molar-refractivity contribution in [2.45, 2.75) is 0 Å². The SMILES string of the molecule is Fc1cc2c(ccc3c2ccc2c4ccc5occc5c4ccc32)o1. The summed E-state index contributed by atoms with van der Waals surface area (Å²) in [5, 5.41) is 8.71. The van der Waals surface area contributed by atoms with E-state index in [-0.39, 0.29) is 0 Å². The van der Waals surface area contributed by atoms with Gasteiger partial charge in [0.25, 0.3) is 6.01 Å². The van der Waals surface area contributed by atoms with Gasteiger partial charge in [0.2, 0.25) is 0 Å². The van der Waals surface area contributed by atoms with E-state index in [0.29, 0.717) is 5.58 Å². The topological polar surface area (TPSA) is 26.3 Å². The maximum atomic E-state index is 13.5. The van der Waals surface area contributed by atoms with Crippen LogP contribution in [0.2, 0.25) is 0 Å². The first-order chi connectivity index (χ1) is 12.3. The maximum Gasteiger partial charge on any atom is 0.278 e. The number of hydrogen-bond acceptors (Lipinski definition) is 2. The summed E-state index contributed by atoms with van der Waals surface area (Å²) in [6, 6.07) is 19.3. The Bertz CT molecular complexity index is 1450. The van der Waals surface area contributed by atoms with Gasteiger partial charge in [-0.25, -0.2) is 0 Å². The van der Waals surface area contributed by atoms with E-state index in [1.54, 1.807) is 6.26 Å². The molecule has 0 atom stereocenters. The summed E-state index contributed by atoms with van der Waals surface area (Å²) in [6.07, 6.45) is 1.72. The molecule has 2 heterocycles. The number of hydrogen-bond donors (Lipinski definition) is 0. The molecule has 0 N–H and O–H groups in total. The number of furan rings is 2. The third-order valence-electron chi connectivity index (χ3n) is 5.09. The second kappa shape index (κ2) is 4.39. The fourth-order valence-corrected chi connectivity index (χ4v) is 3.98. The minimum absolute atomic E-state index is 0.552. The van der Waals surface area contributed by atoms with Crippen LogP contribution in [-0.4, -0.2) is 0 Å². The molecule has 0 aliphatic rings. The predicted octanol–water partition coefficient (Wildman–Crippen LogP) is 6.78. The highest BCUT2D eigenvalue weighted by molar-refractivity contribution is 6.24. The smallest absolute Gasteiger partial charge is 0.278 e. The molecule has 2 aromatic heterocycles. The normalized spacial score (nSPS) is 12.2. The lowest BCUT2D eigenvalue weighted by Crippen LogP contribution is -1.82. The Hall–Kier alpha value is -3.33. The molecule has 0 amide bonds. The highest BCUT2D eigenvalue weighted by atomic mass is 19.1. The van der Waals surface area contributed by atoms with Crippen LogP contribution in [0.3, 0.4) is 0 Å². The summed E-state index contributed by atoms with van der Waals surface area (Å²) in [7, 11) is 0. The van der Waals surface area contributed by atoms with Crippen LogP contribution in [-0.2, 0) is 0 Å². The van der Waals surface area contributed by atoms with Gasteiger partial charge in [-0.2, -0.15) is 4.39 Å². The Balaban J connectivity index is 1.83. The van der Waals surface area contributed by atoms with Crippen LogP contribution in [0.25, 0.3) is 54.3 Å². The molecule has 3 heteroatoms. The van der Waals surface area contributed by atoms with Crippen LogP contribution >= 0.6 is 0 Å². The largest absolute Gasteiger partial charge is 0.464 e. The molecule has 0 saturated heterocycles. The molecule has 2 nitrogen and oxygen atoms in total. The molecule has 0 spiro atoms. The number of halogens is 1. The zero-order chi connectivity index (χ0) is 16.5. The highest BCUT2D eigenvalue weighted by Crippen LogP contribution is 2.37. The van der Waals surface area contributed by atoms with E-state index in [0.717, 1.165) is 32.5 Å². The van der Waals surface area contributed by atoms with Crippen LogP contribution in [0.15, 0.2) is 75.8 Å². The zero-order valence-corrected chi connectivity index (χ0v) is 13.0. The minimum Gasteiger partial charge on any atom is -0.464 e. The van der Waals surface area contributed by atoms with Crippen molar-refractivity contribution in [3.05, 3.63) is 72.9 Å². The molecule has 6 rings (SSSR count). The van der Waals surface area contributed by atoms with Gasteiger partial charge in [0.15, 0.2) is 0 Å². The number of fused-ring (bicyclic) bond motifs is 9. The molecular formula is C22H11FO2. The fourth-order valence-electron chi connectivity index (χ4n) is 3.98. The van der Waals surface area contributed by atoms with Gasteiger partial charge in [-0.3, -0.25) is 0 Å². The van der Waals surface area contributed by atoms with Crippen molar-refractivity contribution in [1.82, 2.24) is 0 Å². The van der Waals surface area contributed by atoms with Crippen molar-refractivity contribution in [2.24, 2.45) is 0 Å². The van der Waals surface area contributed by atoms with Gasteiger partial charge in [-0.1, -0.05) is 36.4 Å². The average molecular weight is 326 g/mol. The summed E-state index contributed by atoms with van der Waals surface area (Å²) in [6.45, 7) is 0. The third kappa shape index (κ3) is 1.62. The van der Waals surface area contributed by atoms with Crippen LogP contribution in [0, 0.1) is 6.01 Å². The van der Waals surface area contributed by atoms with Gasteiger partial charge < -0.3 is 8.83 Å². The second-order valence-corrected chi connectivity index (χ2v) is 6.34. The molecule has 0 aliphatic carbocycles. The molecule has 0 aliphatic heterocycles. The monoisotopic (exact) mass is 326 g/mol. The average Bonchev–Trinajstić information content (AvgIpc) is 3.25. The van der Waals surface area contributed by atoms with Gasteiger partial charge in [-0.05, 0) is 50.5 Å². The van der Waals surface area contributed by atoms with Gasteiger partial charge in [0.05, 0.1) is 6.26 Å². The summed E-state index contributed by atoms with van der Waals surface area (Å²) >= 11 is 0. The number of benzene rings is 4. The first kappa shape index (κ1) is 13.0. The Morgan fingerprint density at radius 3 is 1.72 bits per heavy atom. The standard InChI is InChI=1S/C22H11FO2/c23-22-11-19-17-4-2-12-13(15(17)6-8-21(19)25-22)1-3-16-14(12)5-7-20-18(16)9-10-24-20/h1-11H. The Labute approximate surface area is 141 Å². The fraction of sp³-hybridized carbons (Fsp3) is 0. The van der Waals surface area contributed by atoms with Gasteiger partial charge in [0, 0.05) is 16.8 Å². The third-order valence-corrected chi connectivity index (χ3v) is 5.09. The van der Waals surface area contributed by atoms with Crippen molar-refractivity contribution in [1.29, 1.82) is 0 Å². The molecule has 0 fully saturated rings. The van der Waals surface area contributed by atoms with Crippen molar-refractivity contribution in [2.75, 3.05) is 0 Å². The molecule has 6 aromatic rings. The van der Waals surface area contributed by atoms with E-state index in [1.807, 2.05) is 30.3 Å². The van der Waals surface area contributed by atoms with Crippen LogP contribution in [0.5, 0.6) is 0 Å². The number of rotatable bonds is 0. The van der Waals surface area contributed by atoms with Crippen LogP contribution in [0.1, 0.15) is 0 Å². The molecule has 25 heavy (non-hydrogen) atoms. The van der Waals surface area contributed by atoms with Gasteiger partial charge >= 0.3 is 0 Å². The summed E-state index contributed by atoms with van der Waals surface area (Å²) in [5.41, 5.74) is 1.47. The van der Waals surface area contributed by atoms with E-state index in [9.17, 15) is 4.39 Å². The van der Waals surface area contributed by atoms with Crippen molar-refractivity contribution >= 4 is 54.3 Å². The van der Waals surface area contributed by atoms with Crippen molar-refractivity contribution in [3.8, 4) is 0 Å². The Morgan fingerprint density at radius 1 is 0.520 bits per heavy atom. The van der Waals surface area contributed by atoms with E-state index < -0.39 is 6.01 Å². The lowest BCUT2D eigenvalue weighted by atomic mass is 9.95. The quantitative estimate of drug-likeness (QED) is 0.288. The molecule has 4 aromatic carbocycles. The molecule has 0 unspecified atom stereocenters. The van der Waals surface area contributed by atoms with Crippen LogP contribution < -0.4 is 0 Å². The molecule has 0 saturated carbocycles. The Morgan fingerprint density at radius 2 is 1.04 bits per heavy atom. The summed E-state index contributed by atoms with van der Waals surface area (Å²) in [5.74, 6) is 0. The van der Waals surface area contributed by atoms with E-state index in [2.05, 4.69) is 24.3 Å². The van der Waals surface area contributed by atoms with Crippen molar-refractivity contribution in [3.63, 3.8) is 0 Å². The molecule has 0 bridgehead atoms. The summed E-state index contributed by atoms with van der Waals surface area (Å²) < 4.78 is 24.1. The highest BCUT2D eigenvalue weighted by Gasteiger charge is 2.12. The summed E-state index contributed by atoms with van der Waals surface area (Å²) in [4.78, 5) is 0.